The van der Waals surface area contributed by atoms with Crippen LogP contribution in [0.3, 0.4) is 0 Å². The topological polar surface area (TPSA) is 30.5 Å². The van der Waals surface area contributed by atoms with Crippen molar-refractivity contribution in [3.8, 4) is 0 Å². The Morgan fingerprint density at radius 2 is 2.46 bits per heavy atom. The summed E-state index contributed by atoms with van der Waals surface area (Å²) in [6.45, 7) is 2.73. The van der Waals surface area contributed by atoms with E-state index in [2.05, 4.69) is 5.32 Å². The van der Waals surface area contributed by atoms with Gasteiger partial charge in [-0.05, 0) is 32.2 Å². The fourth-order valence-corrected chi connectivity index (χ4v) is 1.93. The van der Waals surface area contributed by atoms with Crippen LogP contribution in [0.5, 0.6) is 0 Å². The lowest BCUT2D eigenvalue weighted by atomic mass is 9.95. The summed E-state index contributed by atoms with van der Waals surface area (Å²) >= 11 is 0. The SMILES string of the molecule is CNC(CCCOC)C1CCOC1. The van der Waals surface area contributed by atoms with Crippen molar-refractivity contribution in [1.82, 2.24) is 5.32 Å². The van der Waals surface area contributed by atoms with Crippen molar-refractivity contribution >= 4 is 0 Å². The molecule has 0 spiro atoms. The van der Waals surface area contributed by atoms with Gasteiger partial charge >= 0.3 is 0 Å². The maximum atomic E-state index is 5.37. The van der Waals surface area contributed by atoms with Crippen LogP contribution in [-0.2, 0) is 9.47 Å². The van der Waals surface area contributed by atoms with Crippen molar-refractivity contribution < 1.29 is 9.47 Å². The van der Waals surface area contributed by atoms with Crippen LogP contribution < -0.4 is 5.32 Å². The second kappa shape index (κ2) is 6.35. The first-order valence-corrected chi connectivity index (χ1v) is 5.12. The van der Waals surface area contributed by atoms with Gasteiger partial charge in [-0.3, -0.25) is 0 Å². The van der Waals surface area contributed by atoms with Crippen LogP contribution in [0.2, 0.25) is 0 Å². The van der Waals surface area contributed by atoms with Crippen molar-refractivity contribution in [1.29, 1.82) is 0 Å². The van der Waals surface area contributed by atoms with E-state index < -0.39 is 0 Å². The summed E-state index contributed by atoms with van der Waals surface area (Å²) in [6, 6.07) is 0.609. The average Bonchev–Trinajstić information content (AvgIpc) is 2.65. The van der Waals surface area contributed by atoms with Crippen LogP contribution in [0, 0.1) is 5.92 Å². The van der Waals surface area contributed by atoms with E-state index in [0.29, 0.717) is 12.0 Å². The van der Waals surface area contributed by atoms with Crippen LogP contribution in [0.15, 0.2) is 0 Å². The first-order valence-electron chi connectivity index (χ1n) is 5.12. The van der Waals surface area contributed by atoms with E-state index in [9.17, 15) is 0 Å². The van der Waals surface area contributed by atoms with E-state index in [1.54, 1.807) is 7.11 Å². The van der Waals surface area contributed by atoms with E-state index in [4.69, 9.17) is 9.47 Å². The van der Waals surface area contributed by atoms with Gasteiger partial charge in [0.1, 0.15) is 0 Å². The normalized spacial score (nSPS) is 24.9. The Morgan fingerprint density at radius 3 is 3.00 bits per heavy atom. The molecule has 2 unspecified atom stereocenters. The molecule has 2 atom stereocenters. The van der Waals surface area contributed by atoms with E-state index in [1.807, 2.05) is 7.05 Å². The summed E-state index contributed by atoms with van der Waals surface area (Å²) in [5, 5.41) is 3.37. The molecule has 78 valence electrons. The van der Waals surface area contributed by atoms with Crippen molar-refractivity contribution in [2.24, 2.45) is 5.92 Å². The molecule has 0 saturated carbocycles. The third-order valence-corrected chi connectivity index (χ3v) is 2.77. The number of hydrogen-bond acceptors (Lipinski definition) is 3. The van der Waals surface area contributed by atoms with Crippen LogP contribution in [-0.4, -0.2) is 40.0 Å². The van der Waals surface area contributed by atoms with E-state index in [1.165, 1.54) is 12.8 Å². The molecular weight excluding hydrogens is 166 g/mol. The molecule has 1 saturated heterocycles. The summed E-state index contributed by atoms with van der Waals surface area (Å²) in [5.41, 5.74) is 0. The molecule has 0 aliphatic carbocycles. The molecule has 1 N–H and O–H groups in total. The van der Waals surface area contributed by atoms with Crippen LogP contribution in [0.4, 0.5) is 0 Å². The second-order valence-electron chi connectivity index (χ2n) is 3.65. The average molecular weight is 187 g/mol. The summed E-state index contributed by atoms with van der Waals surface area (Å²) in [5.74, 6) is 0.710. The van der Waals surface area contributed by atoms with Gasteiger partial charge in [0.2, 0.25) is 0 Å². The predicted molar refractivity (Wildman–Crippen MR) is 52.9 cm³/mol. The molecule has 0 radical (unpaired) electrons. The van der Waals surface area contributed by atoms with Gasteiger partial charge in [-0.25, -0.2) is 0 Å². The number of nitrogens with one attached hydrogen (secondary N) is 1. The van der Waals surface area contributed by atoms with Crippen molar-refractivity contribution in [3.05, 3.63) is 0 Å². The minimum absolute atomic E-state index is 0.609. The van der Waals surface area contributed by atoms with Gasteiger partial charge in [-0.15, -0.1) is 0 Å². The minimum atomic E-state index is 0.609. The van der Waals surface area contributed by atoms with Crippen molar-refractivity contribution in [3.63, 3.8) is 0 Å². The van der Waals surface area contributed by atoms with Gasteiger partial charge in [0.25, 0.3) is 0 Å². The number of hydrogen-bond donors (Lipinski definition) is 1. The molecule has 3 heteroatoms. The smallest absolute Gasteiger partial charge is 0.0509 e. The predicted octanol–water partition coefficient (Wildman–Crippen LogP) is 1.04. The Bertz CT molecular complexity index is 124. The van der Waals surface area contributed by atoms with Gasteiger partial charge in [0, 0.05) is 26.4 Å². The molecule has 0 aromatic heterocycles. The molecular formula is C10H21NO2. The fourth-order valence-electron chi connectivity index (χ4n) is 1.93. The van der Waals surface area contributed by atoms with Crippen molar-refractivity contribution in [2.75, 3.05) is 34.0 Å². The second-order valence-corrected chi connectivity index (χ2v) is 3.65. The Hall–Kier alpha value is -0.120. The van der Waals surface area contributed by atoms with Crippen LogP contribution >= 0.6 is 0 Å². The lowest BCUT2D eigenvalue weighted by molar-refractivity contribution is 0.166. The molecule has 1 rings (SSSR count). The third kappa shape index (κ3) is 3.63. The zero-order chi connectivity index (χ0) is 9.52. The van der Waals surface area contributed by atoms with E-state index in [-0.39, 0.29) is 0 Å². The molecule has 13 heavy (non-hydrogen) atoms. The Kier molecular flexibility index (Phi) is 5.35. The lowest BCUT2D eigenvalue weighted by Crippen LogP contribution is -2.34. The molecule has 1 aliphatic heterocycles. The Labute approximate surface area is 80.8 Å². The maximum absolute atomic E-state index is 5.37. The summed E-state index contributed by atoms with van der Waals surface area (Å²) in [6.07, 6.45) is 3.54. The maximum Gasteiger partial charge on any atom is 0.0509 e. The largest absolute Gasteiger partial charge is 0.385 e. The number of methoxy groups -OCH3 is 1. The fraction of sp³-hybridized carbons (Fsp3) is 1.00. The quantitative estimate of drug-likeness (QED) is 0.630. The highest BCUT2D eigenvalue weighted by atomic mass is 16.5. The third-order valence-electron chi connectivity index (χ3n) is 2.77. The summed E-state index contributed by atoms with van der Waals surface area (Å²) in [4.78, 5) is 0. The number of rotatable bonds is 6. The zero-order valence-electron chi connectivity index (χ0n) is 8.71. The minimum Gasteiger partial charge on any atom is -0.385 e. The Morgan fingerprint density at radius 1 is 1.62 bits per heavy atom. The highest BCUT2D eigenvalue weighted by Crippen LogP contribution is 2.19. The highest BCUT2D eigenvalue weighted by Gasteiger charge is 2.23. The number of ether oxygens (including phenoxy) is 2. The standard InChI is InChI=1S/C10H21NO2/c1-11-10(4-3-6-12-2)9-5-7-13-8-9/h9-11H,3-8H2,1-2H3. The molecule has 1 aliphatic rings. The van der Waals surface area contributed by atoms with Gasteiger partial charge < -0.3 is 14.8 Å². The van der Waals surface area contributed by atoms with Gasteiger partial charge in [-0.2, -0.15) is 0 Å². The first kappa shape index (κ1) is 11.0. The summed E-state index contributed by atoms with van der Waals surface area (Å²) in [7, 11) is 3.79. The molecule has 1 heterocycles. The van der Waals surface area contributed by atoms with Gasteiger partial charge in [-0.1, -0.05) is 0 Å². The molecule has 0 aromatic rings. The van der Waals surface area contributed by atoms with E-state index >= 15 is 0 Å². The zero-order valence-corrected chi connectivity index (χ0v) is 8.71. The van der Waals surface area contributed by atoms with Gasteiger partial charge in [0.15, 0.2) is 0 Å². The van der Waals surface area contributed by atoms with Crippen molar-refractivity contribution in [2.45, 2.75) is 25.3 Å². The molecule has 3 nitrogen and oxygen atoms in total. The monoisotopic (exact) mass is 187 g/mol. The molecule has 0 aromatic carbocycles. The molecule has 0 amide bonds. The molecule has 0 bridgehead atoms. The van der Waals surface area contributed by atoms with E-state index in [0.717, 1.165) is 26.2 Å². The first-order chi connectivity index (χ1) is 6.38. The van der Waals surface area contributed by atoms with Gasteiger partial charge in [0.05, 0.1) is 6.61 Å². The summed E-state index contributed by atoms with van der Waals surface area (Å²) < 4.78 is 10.4. The van der Waals surface area contributed by atoms with Crippen LogP contribution in [0.25, 0.3) is 0 Å². The Balaban J connectivity index is 2.16. The van der Waals surface area contributed by atoms with Crippen LogP contribution in [0.1, 0.15) is 19.3 Å². The molecule has 1 fully saturated rings. The lowest BCUT2D eigenvalue weighted by Gasteiger charge is -2.21. The highest BCUT2D eigenvalue weighted by molar-refractivity contribution is 4.77.